The van der Waals surface area contributed by atoms with Crippen molar-refractivity contribution in [2.75, 3.05) is 6.54 Å². The van der Waals surface area contributed by atoms with Crippen LogP contribution in [0.5, 0.6) is 0 Å². The van der Waals surface area contributed by atoms with Crippen LogP contribution in [0.15, 0.2) is 52.5 Å². The van der Waals surface area contributed by atoms with Gasteiger partial charge in [0.2, 0.25) is 9.84 Å². The molecule has 0 aliphatic heterocycles. The van der Waals surface area contributed by atoms with Crippen LogP contribution in [-0.4, -0.2) is 24.5 Å². The Morgan fingerprint density at radius 2 is 1.87 bits per heavy atom. The fourth-order valence-electron chi connectivity index (χ4n) is 2.49. The second kappa shape index (κ2) is 6.13. The highest BCUT2D eigenvalue weighted by molar-refractivity contribution is 7.91. The van der Waals surface area contributed by atoms with E-state index in [2.05, 4.69) is 4.98 Å². The minimum Gasteiger partial charge on any atom is -0.342 e. The number of nitrogens with two attached hydrogens (primary N) is 1. The molecule has 0 fully saturated rings. The molecular formula is C15H13Cl2N3O2S. The highest BCUT2D eigenvalue weighted by Gasteiger charge is 2.26. The molecule has 0 aliphatic rings. The monoisotopic (exact) mass is 369 g/mol. The van der Waals surface area contributed by atoms with E-state index in [1.807, 2.05) is 0 Å². The van der Waals surface area contributed by atoms with Gasteiger partial charge in [0.25, 0.3) is 0 Å². The lowest BCUT2D eigenvalue weighted by Gasteiger charge is -2.05. The molecule has 0 spiro atoms. The average molecular weight is 370 g/mol. The smallest absolute Gasteiger partial charge is 0.210 e. The lowest BCUT2D eigenvalue weighted by molar-refractivity contribution is 0.596. The normalized spacial score (nSPS) is 12.0. The first kappa shape index (κ1) is 16.3. The van der Waals surface area contributed by atoms with E-state index in [1.54, 1.807) is 28.8 Å². The molecule has 2 N–H and O–H groups in total. The van der Waals surface area contributed by atoms with Crippen molar-refractivity contribution in [2.45, 2.75) is 16.3 Å². The number of pyridine rings is 1. The minimum absolute atomic E-state index is 0.0569. The van der Waals surface area contributed by atoms with Crippen molar-refractivity contribution < 1.29 is 8.42 Å². The summed E-state index contributed by atoms with van der Waals surface area (Å²) in [6, 6.07) is 7.96. The number of sulfone groups is 1. The van der Waals surface area contributed by atoms with Gasteiger partial charge < -0.3 is 10.3 Å². The van der Waals surface area contributed by atoms with Crippen LogP contribution in [0.1, 0.15) is 0 Å². The molecule has 5 nitrogen and oxygen atoms in total. The number of fused-ring (bicyclic) bond motifs is 1. The van der Waals surface area contributed by atoms with Gasteiger partial charge in [0.15, 0.2) is 5.15 Å². The predicted molar refractivity (Wildman–Crippen MR) is 90.7 cm³/mol. The molecule has 0 aliphatic carbocycles. The zero-order valence-electron chi connectivity index (χ0n) is 11.9. The van der Waals surface area contributed by atoms with Crippen LogP contribution in [0.25, 0.3) is 10.9 Å². The van der Waals surface area contributed by atoms with E-state index in [4.69, 9.17) is 28.9 Å². The van der Waals surface area contributed by atoms with Gasteiger partial charge in [-0.25, -0.2) is 13.4 Å². The Labute approximate surface area is 143 Å². The van der Waals surface area contributed by atoms with Crippen LogP contribution in [0.2, 0.25) is 10.2 Å². The Balaban J connectivity index is 2.33. The van der Waals surface area contributed by atoms with Gasteiger partial charge in [0.1, 0.15) is 0 Å². The van der Waals surface area contributed by atoms with Gasteiger partial charge in [-0.15, -0.1) is 0 Å². The molecule has 2 heterocycles. The van der Waals surface area contributed by atoms with E-state index in [-0.39, 0.29) is 20.0 Å². The lowest BCUT2D eigenvalue weighted by atomic mass is 10.3. The summed E-state index contributed by atoms with van der Waals surface area (Å²) in [4.78, 5) is 4.21. The van der Waals surface area contributed by atoms with Crippen molar-refractivity contribution in [3.8, 4) is 0 Å². The highest BCUT2D eigenvalue weighted by Crippen LogP contribution is 2.34. The molecule has 2 aromatic heterocycles. The minimum atomic E-state index is -3.79. The number of halogens is 2. The van der Waals surface area contributed by atoms with Crippen molar-refractivity contribution in [2.24, 2.45) is 5.73 Å². The number of hydrogen-bond donors (Lipinski definition) is 1. The summed E-state index contributed by atoms with van der Waals surface area (Å²) < 4.78 is 27.7. The summed E-state index contributed by atoms with van der Waals surface area (Å²) in [7, 11) is -3.79. The third-order valence-electron chi connectivity index (χ3n) is 3.49. The molecule has 8 heteroatoms. The van der Waals surface area contributed by atoms with Gasteiger partial charge in [-0.3, -0.25) is 0 Å². The van der Waals surface area contributed by atoms with Crippen LogP contribution >= 0.6 is 23.2 Å². The molecule has 0 saturated carbocycles. The first-order valence-electron chi connectivity index (χ1n) is 6.80. The second-order valence-corrected chi connectivity index (χ2v) is 7.56. The lowest BCUT2D eigenvalue weighted by Crippen LogP contribution is -2.09. The van der Waals surface area contributed by atoms with Crippen LogP contribution in [0.4, 0.5) is 0 Å². The molecule has 0 amide bonds. The van der Waals surface area contributed by atoms with Crippen LogP contribution in [-0.2, 0) is 16.4 Å². The zero-order chi connectivity index (χ0) is 16.6. The number of hydrogen-bond acceptors (Lipinski definition) is 4. The number of nitrogens with zero attached hydrogens (tertiary/aromatic N) is 2. The quantitative estimate of drug-likeness (QED) is 0.716. The fourth-order valence-corrected chi connectivity index (χ4v) is 4.73. The average Bonchev–Trinajstić information content (AvgIpc) is 2.89. The van der Waals surface area contributed by atoms with Gasteiger partial charge in [0, 0.05) is 30.9 Å². The third kappa shape index (κ3) is 2.72. The van der Waals surface area contributed by atoms with Crippen molar-refractivity contribution in [1.82, 2.24) is 9.55 Å². The standard InChI is InChI=1S/C15H13Cl2N3O2S/c16-11-3-1-2-4-12(11)23(21,22)13-9-20(8-6-18)14-10(13)5-7-19-15(14)17/h1-5,7,9H,6,8,18H2. The van der Waals surface area contributed by atoms with Gasteiger partial charge in [-0.1, -0.05) is 35.3 Å². The maximum atomic E-state index is 13.0. The van der Waals surface area contributed by atoms with Crippen molar-refractivity contribution in [1.29, 1.82) is 0 Å². The van der Waals surface area contributed by atoms with Gasteiger partial charge >= 0.3 is 0 Å². The van der Waals surface area contributed by atoms with Crippen molar-refractivity contribution in [3.63, 3.8) is 0 Å². The summed E-state index contributed by atoms with van der Waals surface area (Å²) in [5.41, 5.74) is 6.15. The van der Waals surface area contributed by atoms with E-state index >= 15 is 0 Å². The summed E-state index contributed by atoms with van der Waals surface area (Å²) in [5.74, 6) is 0. The van der Waals surface area contributed by atoms with Gasteiger partial charge in [0.05, 0.1) is 20.3 Å². The Morgan fingerprint density at radius 3 is 2.57 bits per heavy atom. The molecule has 0 radical (unpaired) electrons. The molecule has 0 atom stereocenters. The highest BCUT2D eigenvalue weighted by atomic mass is 35.5. The van der Waals surface area contributed by atoms with Gasteiger partial charge in [-0.2, -0.15) is 0 Å². The molecule has 120 valence electrons. The second-order valence-electron chi connectivity index (χ2n) is 4.91. The molecule has 23 heavy (non-hydrogen) atoms. The maximum absolute atomic E-state index is 13.0. The number of aromatic nitrogens is 2. The molecule has 0 bridgehead atoms. The van der Waals surface area contributed by atoms with E-state index in [0.29, 0.717) is 24.0 Å². The summed E-state index contributed by atoms with van der Waals surface area (Å²) >= 11 is 12.2. The van der Waals surface area contributed by atoms with E-state index in [9.17, 15) is 8.42 Å². The Hall–Kier alpha value is -1.60. The Kier molecular flexibility index (Phi) is 4.33. The van der Waals surface area contributed by atoms with Crippen molar-refractivity contribution >= 4 is 43.9 Å². The zero-order valence-corrected chi connectivity index (χ0v) is 14.2. The molecule has 1 aromatic carbocycles. The third-order valence-corrected chi connectivity index (χ3v) is 6.05. The number of rotatable bonds is 4. The number of benzene rings is 1. The summed E-state index contributed by atoms with van der Waals surface area (Å²) in [6.45, 7) is 0.778. The topological polar surface area (TPSA) is 78.0 Å². The van der Waals surface area contributed by atoms with Crippen LogP contribution in [0, 0.1) is 0 Å². The van der Waals surface area contributed by atoms with E-state index in [0.717, 1.165) is 0 Å². The van der Waals surface area contributed by atoms with Crippen LogP contribution in [0.3, 0.4) is 0 Å². The molecule has 0 saturated heterocycles. The van der Waals surface area contributed by atoms with E-state index < -0.39 is 9.84 Å². The van der Waals surface area contributed by atoms with Crippen molar-refractivity contribution in [3.05, 3.63) is 52.9 Å². The fraction of sp³-hybridized carbons (Fsp3) is 0.133. The predicted octanol–water partition coefficient (Wildman–Crippen LogP) is 3.13. The first-order chi connectivity index (χ1) is 11.0. The van der Waals surface area contributed by atoms with E-state index in [1.165, 1.54) is 18.5 Å². The molecule has 3 rings (SSSR count). The SMILES string of the molecule is NCCn1cc(S(=O)(=O)c2ccccc2Cl)c2ccnc(Cl)c21. The molecular weight excluding hydrogens is 357 g/mol. The molecule has 0 unspecified atom stereocenters. The largest absolute Gasteiger partial charge is 0.342 e. The first-order valence-corrected chi connectivity index (χ1v) is 9.03. The summed E-state index contributed by atoms with van der Waals surface area (Å²) in [6.07, 6.45) is 3.01. The molecule has 3 aromatic rings. The maximum Gasteiger partial charge on any atom is 0.210 e. The Morgan fingerprint density at radius 1 is 1.13 bits per heavy atom. The summed E-state index contributed by atoms with van der Waals surface area (Å²) in [5, 5.41) is 0.905. The van der Waals surface area contributed by atoms with Crippen LogP contribution < -0.4 is 5.73 Å². The Bertz CT molecular complexity index is 984. The van der Waals surface area contributed by atoms with Gasteiger partial charge in [-0.05, 0) is 18.2 Å².